The van der Waals surface area contributed by atoms with E-state index in [1.165, 1.54) is 11.1 Å². The first-order valence-electron chi connectivity index (χ1n) is 9.50. The number of hydrogen-bond acceptors (Lipinski definition) is 3. The van der Waals surface area contributed by atoms with Gasteiger partial charge in [-0.2, -0.15) is 0 Å². The normalized spacial score (nSPS) is 15.5. The molecule has 0 spiro atoms. The number of methoxy groups -OCH3 is 1. The van der Waals surface area contributed by atoms with Gasteiger partial charge in [0.15, 0.2) is 0 Å². The molecule has 0 aliphatic carbocycles. The predicted octanol–water partition coefficient (Wildman–Crippen LogP) is 4.58. The first-order valence-corrected chi connectivity index (χ1v) is 9.50. The van der Waals surface area contributed by atoms with Crippen LogP contribution in [0.25, 0.3) is 6.08 Å². The summed E-state index contributed by atoms with van der Waals surface area (Å²) in [6.07, 6.45) is 2.69. The van der Waals surface area contributed by atoms with Crippen LogP contribution in [0.2, 0.25) is 0 Å². The van der Waals surface area contributed by atoms with Gasteiger partial charge in [0.25, 0.3) is 0 Å². The lowest BCUT2D eigenvalue weighted by Crippen LogP contribution is -2.44. The van der Waals surface area contributed by atoms with Gasteiger partial charge in [-0.15, -0.1) is 0 Å². The summed E-state index contributed by atoms with van der Waals surface area (Å²) in [5, 5.41) is 11.8. The third kappa shape index (κ3) is 5.44. The minimum atomic E-state index is -0.920. The fourth-order valence-corrected chi connectivity index (χ4v) is 3.57. The van der Waals surface area contributed by atoms with Crippen molar-refractivity contribution in [2.75, 3.05) is 27.7 Å². The summed E-state index contributed by atoms with van der Waals surface area (Å²) in [7, 11) is 5.76. The van der Waals surface area contributed by atoms with Crippen molar-refractivity contribution >= 4 is 6.08 Å². The van der Waals surface area contributed by atoms with Gasteiger partial charge < -0.3 is 14.7 Å². The fourth-order valence-electron chi connectivity index (χ4n) is 3.57. The Morgan fingerprint density at radius 3 is 2.33 bits per heavy atom. The SMILES string of the molecule is COc1ccc(/C=C(\C)C(O)(Cc2ccccc2C)C(C)CN(C)C)cc1. The summed E-state index contributed by atoms with van der Waals surface area (Å²) in [5.74, 6) is 0.919. The van der Waals surface area contributed by atoms with Gasteiger partial charge in [-0.3, -0.25) is 0 Å². The summed E-state index contributed by atoms with van der Waals surface area (Å²) >= 11 is 0. The van der Waals surface area contributed by atoms with Crippen LogP contribution in [0.15, 0.2) is 54.1 Å². The van der Waals surface area contributed by atoms with E-state index in [0.29, 0.717) is 6.42 Å². The second-order valence-corrected chi connectivity index (χ2v) is 7.79. The lowest BCUT2D eigenvalue weighted by molar-refractivity contribution is 0.0148. The monoisotopic (exact) mass is 367 g/mol. The zero-order valence-electron chi connectivity index (χ0n) is 17.5. The van der Waals surface area contributed by atoms with Gasteiger partial charge in [-0.05, 0) is 62.3 Å². The average molecular weight is 368 g/mol. The van der Waals surface area contributed by atoms with Crippen LogP contribution in [-0.4, -0.2) is 43.4 Å². The standard InChI is InChI=1S/C24H33NO2/c1-18-9-7-8-10-22(18)16-24(26,20(3)17-25(4)5)19(2)15-21-11-13-23(27-6)14-12-21/h7-15,20,26H,16-17H2,1-6H3/b19-15+. The van der Waals surface area contributed by atoms with Crippen molar-refractivity contribution in [2.24, 2.45) is 5.92 Å². The molecule has 0 amide bonds. The highest BCUT2D eigenvalue weighted by Gasteiger charge is 2.36. The van der Waals surface area contributed by atoms with Crippen molar-refractivity contribution < 1.29 is 9.84 Å². The van der Waals surface area contributed by atoms with Gasteiger partial charge >= 0.3 is 0 Å². The molecule has 2 atom stereocenters. The van der Waals surface area contributed by atoms with Crippen LogP contribution in [0.3, 0.4) is 0 Å². The summed E-state index contributed by atoms with van der Waals surface area (Å²) < 4.78 is 5.24. The Morgan fingerprint density at radius 2 is 1.78 bits per heavy atom. The number of hydrogen-bond donors (Lipinski definition) is 1. The molecule has 0 bridgehead atoms. The van der Waals surface area contributed by atoms with E-state index in [-0.39, 0.29) is 5.92 Å². The van der Waals surface area contributed by atoms with Gasteiger partial charge in [-0.25, -0.2) is 0 Å². The topological polar surface area (TPSA) is 32.7 Å². The predicted molar refractivity (Wildman–Crippen MR) is 114 cm³/mol. The lowest BCUT2D eigenvalue weighted by Gasteiger charge is -2.37. The molecular formula is C24H33NO2. The molecule has 0 aliphatic heterocycles. The first-order chi connectivity index (χ1) is 12.8. The van der Waals surface area contributed by atoms with E-state index in [1.807, 2.05) is 57.4 Å². The van der Waals surface area contributed by atoms with Crippen molar-refractivity contribution in [1.82, 2.24) is 4.90 Å². The molecule has 3 nitrogen and oxygen atoms in total. The van der Waals surface area contributed by atoms with Crippen LogP contribution in [0.1, 0.15) is 30.5 Å². The molecule has 1 N–H and O–H groups in total. The van der Waals surface area contributed by atoms with Crippen molar-refractivity contribution in [3.63, 3.8) is 0 Å². The Balaban J connectivity index is 2.40. The van der Waals surface area contributed by atoms with Crippen molar-refractivity contribution in [1.29, 1.82) is 0 Å². The van der Waals surface area contributed by atoms with E-state index in [2.05, 4.69) is 37.0 Å². The molecule has 0 aliphatic rings. The van der Waals surface area contributed by atoms with Crippen LogP contribution in [0, 0.1) is 12.8 Å². The zero-order valence-corrected chi connectivity index (χ0v) is 17.5. The maximum Gasteiger partial charge on any atom is 0.118 e. The molecule has 0 saturated carbocycles. The number of rotatable bonds is 8. The van der Waals surface area contributed by atoms with Crippen molar-refractivity contribution in [2.45, 2.75) is 32.8 Å². The molecule has 27 heavy (non-hydrogen) atoms. The highest BCUT2D eigenvalue weighted by atomic mass is 16.5. The zero-order chi connectivity index (χ0) is 20.0. The van der Waals surface area contributed by atoms with E-state index >= 15 is 0 Å². The van der Waals surface area contributed by atoms with Crippen molar-refractivity contribution in [3.8, 4) is 5.75 Å². The summed E-state index contributed by atoms with van der Waals surface area (Å²) in [4.78, 5) is 2.13. The fraction of sp³-hybridized carbons (Fsp3) is 0.417. The van der Waals surface area contributed by atoms with Gasteiger partial charge in [0.05, 0.1) is 12.7 Å². The third-order valence-corrected chi connectivity index (χ3v) is 5.36. The van der Waals surface area contributed by atoms with Crippen molar-refractivity contribution in [3.05, 3.63) is 70.8 Å². The second-order valence-electron chi connectivity index (χ2n) is 7.79. The molecule has 0 aromatic heterocycles. The van der Waals surface area contributed by atoms with Crippen LogP contribution in [0.4, 0.5) is 0 Å². The number of aryl methyl sites for hydroxylation is 1. The van der Waals surface area contributed by atoms with Crippen LogP contribution in [-0.2, 0) is 6.42 Å². The van der Waals surface area contributed by atoms with Crippen LogP contribution >= 0.6 is 0 Å². The Kier molecular flexibility index (Phi) is 7.23. The molecule has 2 rings (SSSR count). The Bertz CT molecular complexity index is 764. The molecule has 146 valence electrons. The minimum absolute atomic E-state index is 0.0848. The van der Waals surface area contributed by atoms with Gasteiger partial charge in [0.1, 0.15) is 5.75 Å². The van der Waals surface area contributed by atoms with Gasteiger partial charge in [-0.1, -0.05) is 49.4 Å². The number of ether oxygens (including phenoxy) is 1. The van der Waals surface area contributed by atoms with E-state index in [4.69, 9.17) is 4.74 Å². The third-order valence-electron chi connectivity index (χ3n) is 5.36. The average Bonchev–Trinajstić information content (AvgIpc) is 2.63. The molecule has 0 heterocycles. The largest absolute Gasteiger partial charge is 0.497 e. The lowest BCUT2D eigenvalue weighted by atomic mass is 9.76. The molecule has 3 heteroatoms. The molecular weight excluding hydrogens is 334 g/mol. The number of aliphatic hydroxyl groups is 1. The smallest absolute Gasteiger partial charge is 0.118 e. The number of nitrogens with zero attached hydrogens (tertiary/aromatic N) is 1. The van der Waals surface area contributed by atoms with Crippen LogP contribution in [0.5, 0.6) is 5.75 Å². The van der Waals surface area contributed by atoms with E-state index in [9.17, 15) is 5.11 Å². The van der Waals surface area contributed by atoms with Gasteiger partial charge in [0, 0.05) is 18.9 Å². The summed E-state index contributed by atoms with van der Waals surface area (Å²) in [5.41, 5.74) is 3.52. The van der Waals surface area contributed by atoms with E-state index in [1.54, 1.807) is 7.11 Å². The Labute approximate surface area is 164 Å². The van der Waals surface area contributed by atoms with Gasteiger partial charge in [0.2, 0.25) is 0 Å². The van der Waals surface area contributed by atoms with E-state index in [0.717, 1.165) is 23.4 Å². The number of benzene rings is 2. The molecule has 2 aromatic rings. The maximum atomic E-state index is 11.8. The summed E-state index contributed by atoms with van der Waals surface area (Å²) in [6.45, 7) is 7.09. The molecule has 2 unspecified atom stereocenters. The Hall–Kier alpha value is -2.10. The molecule has 0 fully saturated rings. The summed E-state index contributed by atoms with van der Waals surface area (Å²) in [6, 6.07) is 16.2. The second kappa shape index (κ2) is 9.20. The minimum Gasteiger partial charge on any atom is -0.497 e. The molecule has 0 saturated heterocycles. The first kappa shape index (κ1) is 21.2. The highest BCUT2D eigenvalue weighted by Crippen LogP contribution is 2.33. The molecule has 0 radical (unpaired) electrons. The Morgan fingerprint density at radius 1 is 1.15 bits per heavy atom. The molecule has 2 aromatic carbocycles. The van der Waals surface area contributed by atoms with E-state index < -0.39 is 5.60 Å². The highest BCUT2D eigenvalue weighted by molar-refractivity contribution is 5.56. The van der Waals surface area contributed by atoms with Crippen LogP contribution < -0.4 is 4.74 Å². The quantitative estimate of drug-likeness (QED) is 0.741. The maximum absolute atomic E-state index is 11.8.